The van der Waals surface area contributed by atoms with Gasteiger partial charge in [-0.3, -0.25) is 9.59 Å². The maximum absolute atomic E-state index is 13.8. The minimum Gasteiger partial charge on any atom is -0.354 e. The average molecular weight is 550 g/mol. The highest BCUT2D eigenvalue weighted by Gasteiger charge is 2.35. The summed E-state index contributed by atoms with van der Waals surface area (Å²) < 4.78 is 1.72. The summed E-state index contributed by atoms with van der Waals surface area (Å²) in [6, 6.07) is 15.0. The topological polar surface area (TPSA) is 88.4 Å². The minimum absolute atomic E-state index is 0.113. The van der Waals surface area contributed by atoms with E-state index in [2.05, 4.69) is 10.6 Å². The second-order valence-corrected chi connectivity index (χ2v) is 10.8. The number of nitrogens with zero attached hydrogens (tertiary/aromatic N) is 3. The molecule has 0 radical (unpaired) electrons. The molecular formula is C29H29Cl2N5O2. The Bertz CT molecular complexity index is 1510. The third-order valence-corrected chi connectivity index (χ3v) is 7.77. The molecule has 2 aromatic heterocycles. The van der Waals surface area contributed by atoms with Crippen molar-refractivity contribution in [1.82, 2.24) is 25.2 Å². The van der Waals surface area contributed by atoms with Crippen molar-refractivity contribution in [1.29, 1.82) is 0 Å². The van der Waals surface area contributed by atoms with Crippen molar-refractivity contribution in [3.63, 3.8) is 0 Å². The Hall–Kier alpha value is -3.42. The van der Waals surface area contributed by atoms with E-state index in [0.29, 0.717) is 33.5 Å². The van der Waals surface area contributed by atoms with Gasteiger partial charge in [0.2, 0.25) is 5.91 Å². The molecule has 4 aromatic rings. The van der Waals surface area contributed by atoms with E-state index in [4.69, 9.17) is 33.3 Å². The summed E-state index contributed by atoms with van der Waals surface area (Å²) in [4.78, 5) is 30.2. The van der Waals surface area contributed by atoms with Crippen LogP contribution in [0.4, 0.5) is 0 Å². The SMILES string of the molecule is CC(=O)NCC1(NC(=O)c2c(C)nn3c(-c4ccc(Cl)cc4)c(-c4ccccc4Cl)cnc23)CCCCC1. The van der Waals surface area contributed by atoms with Crippen LogP contribution < -0.4 is 10.6 Å². The summed E-state index contributed by atoms with van der Waals surface area (Å²) >= 11 is 12.8. The van der Waals surface area contributed by atoms with Crippen LogP contribution in [0.2, 0.25) is 10.0 Å². The second kappa shape index (κ2) is 10.8. The number of fused-ring (bicyclic) bond motifs is 1. The van der Waals surface area contributed by atoms with E-state index in [1.54, 1.807) is 10.7 Å². The van der Waals surface area contributed by atoms with Crippen LogP contribution in [0, 0.1) is 6.92 Å². The molecule has 1 fully saturated rings. The first-order chi connectivity index (χ1) is 18.3. The summed E-state index contributed by atoms with van der Waals surface area (Å²) in [5, 5.41) is 12.2. The first-order valence-corrected chi connectivity index (χ1v) is 13.5. The quantitative estimate of drug-likeness (QED) is 0.297. The van der Waals surface area contributed by atoms with Crippen LogP contribution in [0.3, 0.4) is 0 Å². The number of carbonyl (C=O) groups excluding carboxylic acids is 2. The van der Waals surface area contributed by atoms with Crippen molar-refractivity contribution in [2.75, 3.05) is 6.54 Å². The van der Waals surface area contributed by atoms with Gasteiger partial charge in [-0.25, -0.2) is 9.50 Å². The van der Waals surface area contributed by atoms with Crippen LogP contribution in [-0.4, -0.2) is 38.5 Å². The molecule has 2 aromatic carbocycles. The van der Waals surface area contributed by atoms with E-state index < -0.39 is 5.54 Å². The van der Waals surface area contributed by atoms with Gasteiger partial charge in [0.15, 0.2) is 5.65 Å². The van der Waals surface area contributed by atoms with E-state index in [0.717, 1.165) is 54.5 Å². The lowest BCUT2D eigenvalue weighted by molar-refractivity contribution is -0.119. The Balaban J connectivity index is 1.63. The molecule has 1 aliphatic carbocycles. The Labute approximate surface area is 231 Å². The summed E-state index contributed by atoms with van der Waals surface area (Å²) in [6.07, 6.45) is 6.45. The zero-order valence-electron chi connectivity index (χ0n) is 21.4. The monoisotopic (exact) mass is 549 g/mol. The highest BCUT2D eigenvalue weighted by atomic mass is 35.5. The van der Waals surface area contributed by atoms with Crippen molar-refractivity contribution >= 4 is 40.7 Å². The lowest BCUT2D eigenvalue weighted by Gasteiger charge is -2.38. The molecular weight excluding hydrogens is 521 g/mol. The maximum atomic E-state index is 13.8. The largest absolute Gasteiger partial charge is 0.354 e. The molecule has 0 unspecified atom stereocenters. The number of nitrogens with one attached hydrogen (secondary N) is 2. The normalized spacial score (nSPS) is 14.8. The summed E-state index contributed by atoms with van der Waals surface area (Å²) in [5.41, 5.74) is 4.14. The lowest BCUT2D eigenvalue weighted by atomic mass is 9.81. The van der Waals surface area contributed by atoms with E-state index in [1.807, 2.05) is 55.5 Å². The molecule has 2 N–H and O–H groups in total. The van der Waals surface area contributed by atoms with Crippen LogP contribution >= 0.6 is 23.2 Å². The number of aryl methyl sites for hydroxylation is 1. The summed E-state index contributed by atoms with van der Waals surface area (Å²) in [7, 11) is 0. The first-order valence-electron chi connectivity index (χ1n) is 12.7. The van der Waals surface area contributed by atoms with Gasteiger partial charge < -0.3 is 10.6 Å². The standard InChI is InChI=1S/C29H29Cl2N5O2/c1-18-25(28(38)34-29(17-33-19(2)37)14-6-3-7-15-29)27-32-16-23(22-8-4-5-9-24(22)31)26(36(27)35-18)20-10-12-21(30)13-11-20/h4-5,8-13,16H,3,6-7,14-15,17H2,1-2H3,(H,33,37)(H,34,38). The molecule has 0 bridgehead atoms. The molecule has 2 heterocycles. The van der Waals surface area contributed by atoms with Crippen LogP contribution in [0.15, 0.2) is 54.7 Å². The van der Waals surface area contributed by atoms with Gasteiger partial charge in [-0.05, 0) is 38.0 Å². The highest BCUT2D eigenvalue weighted by Crippen LogP contribution is 2.37. The third kappa shape index (κ3) is 5.13. The molecule has 1 aliphatic rings. The average Bonchev–Trinajstić information content (AvgIpc) is 3.24. The van der Waals surface area contributed by atoms with Gasteiger partial charge >= 0.3 is 0 Å². The van der Waals surface area contributed by atoms with Gasteiger partial charge in [-0.2, -0.15) is 5.10 Å². The zero-order chi connectivity index (χ0) is 26.9. The molecule has 9 heteroatoms. The summed E-state index contributed by atoms with van der Waals surface area (Å²) in [5.74, 6) is -0.359. The molecule has 38 heavy (non-hydrogen) atoms. The van der Waals surface area contributed by atoms with Gasteiger partial charge in [-0.15, -0.1) is 0 Å². The number of aromatic nitrogens is 3. The molecule has 1 saturated carbocycles. The molecule has 5 rings (SSSR count). The van der Waals surface area contributed by atoms with Gasteiger partial charge in [0.25, 0.3) is 5.91 Å². The van der Waals surface area contributed by atoms with Crippen molar-refractivity contribution in [3.8, 4) is 22.4 Å². The highest BCUT2D eigenvalue weighted by molar-refractivity contribution is 6.33. The lowest BCUT2D eigenvalue weighted by Crippen LogP contribution is -2.56. The molecule has 196 valence electrons. The first kappa shape index (κ1) is 26.2. The van der Waals surface area contributed by atoms with Gasteiger partial charge in [0.1, 0.15) is 5.56 Å². The second-order valence-electron chi connectivity index (χ2n) is 9.91. The fourth-order valence-electron chi connectivity index (χ4n) is 5.29. The fraction of sp³-hybridized carbons (Fsp3) is 0.310. The number of amides is 2. The molecule has 0 spiro atoms. The minimum atomic E-state index is -0.502. The Kier molecular flexibility index (Phi) is 7.41. The Morgan fingerprint density at radius 3 is 2.39 bits per heavy atom. The number of hydrogen-bond acceptors (Lipinski definition) is 4. The number of benzene rings is 2. The van der Waals surface area contributed by atoms with Crippen LogP contribution in [-0.2, 0) is 4.79 Å². The van der Waals surface area contributed by atoms with E-state index >= 15 is 0 Å². The van der Waals surface area contributed by atoms with Gasteiger partial charge in [-0.1, -0.05) is 72.8 Å². The number of carbonyl (C=O) groups is 2. The number of halogens is 2. The van der Waals surface area contributed by atoms with Crippen molar-refractivity contribution in [3.05, 3.63) is 76.0 Å². The molecule has 0 aliphatic heterocycles. The Morgan fingerprint density at radius 1 is 1.00 bits per heavy atom. The predicted octanol–water partition coefficient (Wildman–Crippen LogP) is 6.25. The number of rotatable bonds is 6. The molecule has 0 saturated heterocycles. The van der Waals surface area contributed by atoms with E-state index in [1.165, 1.54) is 6.92 Å². The van der Waals surface area contributed by atoms with Crippen molar-refractivity contribution in [2.45, 2.75) is 51.5 Å². The van der Waals surface area contributed by atoms with Crippen LogP contribution in [0.1, 0.15) is 55.1 Å². The van der Waals surface area contributed by atoms with E-state index in [-0.39, 0.29) is 11.8 Å². The molecule has 2 amide bonds. The van der Waals surface area contributed by atoms with Gasteiger partial charge in [0.05, 0.1) is 16.9 Å². The van der Waals surface area contributed by atoms with E-state index in [9.17, 15) is 9.59 Å². The molecule has 0 atom stereocenters. The summed E-state index contributed by atoms with van der Waals surface area (Å²) in [6.45, 7) is 3.70. The zero-order valence-corrected chi connectivity index (χ0v) is 22.9. The third-order valence-electron chi connectivity index (χ3n) is 7.19. The van der Waals surface area contributed by atoms with Crippen LogP contribution in [0.25, 0.3) is 28.0 Å². The maximum Gasteiger partial charge on any atom is 0.257 e. The van der Waals surface area contributed by atoms with Crippen molar-refractivity contribution < 1.29 is 9.59 Å². The van der Waals surface area contributed by atoms with Crippen molar-refractivity contribution in [2.24, 2.45) is 0 Å². The van der Waals surface area contributed by atoms with Crippen LogP contribution in [0.5, 0.6) is 0 Å². The molecule has 7 nitrogen and oxygen atoms in total. The smallest absolute Gasteiger partial charge is 0.257 e. The number of hydrogen-bond donors (Lipinski definition) is 2. The van der Waals surface area contributed by atoms with Gasteiger partial charge in [0, 0.05) is 46.4 Å². The Morgan fingerprint density at radius 2 is 1.71 bits per heavy atom. The predicted molar refractivity (Wildman–Crippen MR) is 151 cm³/mol. The fourth-order valence-corrected chi connectivity index (χ4v) is 5.65.